The monoisotopic (exact) mass is 329 g/mol. The summed E-state index contributed by atoms with van der Waals surface area (Å²) >= 11 is 0. The van der Waals surface area contributed by atoms with Gasteiger partial charge in [0.15, 0.2) is 0 Å². The van der Waals surface area contributed by atoms with Gasteiger partial charge in [0.1, 0.15) is 5.69 Å². The highest BCUT2D eigenvalue weighted by Gasteiger charge is 2.28. The lowest BCUT2D eigenvalue weighted by molar-refractivity contribution is -0.384. The smallest absolute Gasteiger partial charge is 0.293 e. The number of hydrogen-bond donors (Lipinski definition) is 2. The average Bonchev–Trinajstić information content (AvgIpc) is 2.44. The number of ether oxygens (including phenoxy) is 1. The van der Waals surface area contributed by atoms with Crippen LogP contribution in [0.2, 0.25) is 0 Å². The molecular weight excluding hydrogens is 310 g/mol. The Labute approximate surface area is 128 Å². The number of benzene rings is 1. The van der Waals surface area contributed by atoms with Gasteiger partial charge in [0.05, 0.1) is 9.82 Å². The molecule has 2 rings (SSSR count). The molecule has 0 aliphatic carbocycles. The summed E-state index contributed by atoms with van der Waals surface area (Å²) < 4.78 is 27.9. The van der Waals surface area contributed by atoms with Gasteiger partial charge in [-0.1, -0.05) is 6.92 Å². The number of nitro groups is 1. The summed E-state index contributed by atoms with van der Waals surface area (Å²) in [6.07, 6.45) is 1.73. The molecule has 0 amide bonds. The van der Waals surface area contributed by atoms with E-state index >= 15 is 0 Å². The zero-order valence-electron chi connectivity index (χ0n) is 12.2. The number of nitrogens with two attached hydrogens (primary N) is 1. The van der Waals surface area contributed by atoms with Crippen LogP contribution < -0.4 is 10.5 Å². The van der Waals surface area contributed by atoms with E-state index in [-0.39, 0.29) is 21.7 Å². The van der Waals surface area contributed by atoms with Crippen molar-refractivity contribution in [3.63, 3.8) is 0 Å². The van der Waals surface area contributed by atoms with Gasteiger partial charge in [-0.2, -0.15) is 0 Å². The van der Waals surface area contributed by atoms with Crippen molar-refractivity contribution >= 4 is 21.4 Å². The van der Waals surface area contributed by atoms with Gasteiger partial charge in [0.2, 0.25) is 10.0 Å². The first-order valence-electron chi connectivity index (χ1n) is 6.84. The van der Waals surface area contributed by atoms with E-state index in [9.17, 15) is 18.5 Å². The Morgan fingerprint density at radius 2 is 2.05 bits per heavy atom. The van der Waals surface area contributed by atoms with E-state index in [4.69, 9.17) is 9.88 Å². The lowest BCUT2D eigenvalue weighted by atomic mass is 9.82. The van der Waals surface area contributed by atoms with Crippen LogP contribution in [0.25, 0.3) is 0 Å². The summed E-state index contributed by atoms with van der Waals surface area (Å²) in [5.41, 5.74) is -0.0302. The van der Waals surface area contributed by atoms with Crippen LogP contribution in [-0.4, -0.2) is 33.1 Å². The highest BCUT2D eigenvalue weighted by atomic mass is 32.2. The molecule has 122 valence electrons. The molecule has 0 atom stereocenters. The Balaban J connectivity index is 2.21. The van der Waals surface area contributed by atoms with Crippen LogP contribution in [0.15, 0.2) is 23.1 Å². The molecule has 0 bridgehead atoms. The molecule has 1 heterocycles. The standard InChI is InChI=1S/C13H19N3O5S/c1-13(4-6-21-7-5-13)9-15-11-3-2-10(22(14,19)20)8-12(11)16(17)18/h2-3,8,15H,4-7,9H2,1H3,(H2,14,19,20). The molecule has 3 N–H and O–H groups in total. The first-order chi connectivity index (χ1) is 10.2. The van der Waals surface area contributed by atoms with Crippen LogP contribution in [0, 0.1) is 15.5 Å². The first-order valence-corrected chi connectivity index (χ1v) is 8.39. The van der Waals surface area contributed by atoms with Gasteiger partial charge in [0.25, 0.3) is 5.69 Å². The number of hydrogen-bond acceptors (Lipinski definition) is 6. The molecule has 8 nitrogen and oxygen atoms in total. The Kier molecular flexibility index (Phi) is 4.69. The second-order valence-corrected chi connectivity index (χ2v) is 7.32. The molecule has 1 saturated heterocycles. The summed E-state index contributed by atoms with van der Waals surface area (Å²) in [5.74, 6) is 0. The number of nitro benzene ring substituents is 1. The zero-order valence-corrected chi connectivity index (χ0v) is 13.1. The van der Waals surface area contributed by atoms with Gasteiger partial charge in [-0.25, -0.2) is 13.6 Å². The third-order valence-electron chi connectivity index (χ3n) is 3.90. The molecule has 1 aromatic rings. The van der Waals surface area contributed by atoms with Crippen molar-refractivity contribution in [2.24, 2.45) is 10.6 Å². The van der Waals surface area contributed by atoms with Crippen molar-refractivity contribution in [3.8, 4) is 0 Å². The highest BCUT2D eigenvalue weighted by Crippen LogP contribution is 2.32. The van der Waals surface area contributed by atoms with E-state index < -0.39 is 14.9 Å². The fourth-order valence-corrected chi connectivity index (χ4v) is 2.87. The lowest BCUT2D eigenvalue weighted by Gasteiger charge is -2.33. The van der Waals surface area contributed by atoms with Crippen LogP contribution in [0.3, 0.4) is 0 Å². The third kappa shape index (κ3) is 3.93. The van der Waals surface area contributed by atoms with Crippen LogP contribution in [0.4, 0.5) is 11.4 Å². The normalized spacial score (nSPS) is 17.9. The number of primary sulfonamides is 1. The fourth-order valence-electron chi connectivity index (χ4n) is 2.34. The summed E-state index contributed by atoms with van der Waals surface area (Å²) in [5, 5.41) is 19.2. The van der Waals surface area contributed by atoms with Gasteiger partial charge in [-0.15, -0.1) is 0 Å². The van der Waals surface area contributed by atoms with Crippen molar-refractivity contribution in [1.82, 2.24) is 0 Å². The van der Waals surface area contributed by atoms with Crippen LogP contribution in [0.1, 0.15) is 19.8 Å². The minimum Gasteiger partial charge on any atom is -0.381 e. The lowest BCUT2D eigenvalue weighted by Crippen LogP contribution is -2.33. The average molecular weight is 329 g/mol. The predicted molar refractivity (Wildman–Crippen MR) is 81.1 cm³/mol. The summed E-state index contributed by atoms with van der Waals surface area (Å²) in [6, 6.07) is 3.61. The van der Waals surface area contributed by atoms with Crippen molar-refractivity contribution in [2.75, 3.05) is 25.1 Å². The largest absolute Gasteiger partial charge is 0.381 e. The molecule has 9 heteroatoms. The zero-order chi connectivity index (χ0) is 16.4. The number of sulfonamides is 1. The van der Waals surface area contributed by atoms with E-state index in [1.807, 2.05) is 0 Å². The number of nitrogens with zero attached hydrogens (tertiary/aromatic N) is 1. The molecule has 1 aliphatic rings. The second-order valence-electron chi connectivity index (χ2n) is 5.76. The fraction of sp³-hybridized carbons (Fsp3) is 0.538. The highest BCUT2D eigenvalue weighted by molar-refractivity contribution is 7.89. The maximum absolute atomic E-state index is 11.3. The Morgan fingerprint density at radius 3 is 2.59 bits per heavy atom. The molecule has 1 aliphatic heterocycles. The Bertz CT molecular complexity index is 668. The minimum atomic E-state index is -3.97. The topological polar surface area (TPSA) is 125 Å². The van der Waals surface area contributed by atoms with E-state index in [0.717, 1.165) is 18.9 Å². The van der Waals surface area contributed by atoms with Crippen molar-refractivity contribution < 1.29 is 18.1 Å². The van der Waals surface area contributed by atoms with Gasteiger partial charge < -0.3 is 10.1 Å². The molecule has 0 radical (unpaired) electrons. The molecule has 0 unspecified atom stereocenters. The van der Waals surface area contributed by atoms with E-state index in [2.05, 4.69) is 12.2 Å². The molecule has 22 heavy (non-hydrogen) atoms. The predicted octanol–water partition coefficient (Wildman–Crippen LogP) is 1.47. The summed E-state index contributed by atoms with van der Waals surface area (Å²) in [7, 11) is -3.97. The SMILES string of the molecule is CC1(CNc2ccc(S(N)(=O)=O)cc2[N+](=O)[O-])CCOCC1. The van der Waals surface area contributed by atoms with Gasteiger partial charge in [-0.3, -0.25) is 10.1 Å². The Hall–Kier alpha value is -1.71. The van der Waals surface area contributed by atoms with E-state index in [1.54, 1.807) is 0 Å². The molecule has 0 saturated carbocycles. The van der Waals surface area contributed by atoms with Crippen molar-refractivity contribution in [2.45, 2.75) is 24.7 Å². The molecule has 1 aromatic carbocycles. The van der Waals surface area contributed by atoms with Gasteiger partial charge in [0, 0.05) is 25.8 Å². The molecule has 0 spiro atoms. The minimum absolute atomic E-state index is 0.00919. The summed E-state index contributed by atoms with van der Waals surface area (Å²) in [4.78, 5) is 10.2. The molecular formula is C13H19N3O5S. The number of nitrogens with one attached hydrogen (secondary N) is 1. The van der Waals surface area contributed by atoms with Crippen molar-refractivity contribution in [1.29, 1.82) is 0 Å². The number of anilines is 1. The second kappa shape index (κ2) is 6.19. The van der Waals surface area contributed by atoms with E-state index in [0.29, 0.717) is 19.8 Å². The maximum Gasteiger partial charge on any atom is 0.293 e. The van der Waals surface area contributed by atoms with Crippen LogP contribution >= 0.6 is 0 Å². The van der Waals surface area contributed by atoms with Crippen molar-refractivity contribution in [3.05, 3.63) is 28.3 Å². The molecule has 0 aromatic heterocycles. The number of rotatable bonds is 5. The quantitative estimate of drug-likeness (QED) is 0.622. The Morgan fingerprint density at radius 1 is 1.41 bits per heavy atom. The molecule has 1 fully saturated rings. The third-order valence-corrected chi connectivity index (χ3v) is 4.81. The van der Waals surface area contributed by atoms with Crippen LogP contribution in [-0.2, 0) is 14.8 Å². The van der Waals surface area contributed by atoms with Gasteiger partial charge in [-0.05, 0) is 30.4 Å². The maximum atomic E-state index is 11.3. The summed E-state index contributed by atoms with van der Waals surface area (Å²) in [6.45, 7) is 3.98. The van der Waals surface area contributed by atoms with Crippen LogP contribution in [0.5, 0.6) is 0 Å². The van der Waals surface area contributed by atoms with E-state index in [1.165, 1.54) is 12.1 Å². The van der Waals surface area contributed by atoms with Gasteiger partial charge >= 0.3 is 0 Å². The first kappa shape index (κ1) is 16.7.